The molecule has 2 N–H and O–H groups in total. The molecular formula is C27H30N6O. The molecule has 174 valence electrons. The number of carbonyl (C=O) groups excluding carboxylic acids is 1. The van der Waals surface area contributed by atoms with Gasteiger partial charge in [-0.05, 0) is 55.9 Å². The fourth-order valence-corrected chi connectivity index (χ4v) is 4.97. The first-order valence-electron chi connectivity index (χ1n) is 12.2. The van der Waals surface area contributed by atoms with Gasteiger partial charge >= 0.3 is 0 Å². The van der Waals surface area contributed by atoms with E-state index in [1.165, 1.54) is 12.8 Å². The first-order chi connectivity index (χ1) is 16.6. The number of fused-ring (bicyclic) bond motifs is 1. The van der Waals surface area contributed by atoms with Crippen LogP contribution in [0.25, 0.3) is 33.8 Å². The number of rotatable bonds is 5. The minimum atomic E-state index is 0.0365. The Kier molecular flexibility index (Phi) is 5.21. The standard InChI is InChI=1S/C27H30N6O/c1-31-24-12-11-20(27(34)32-13-5-8-21(28)17-32)14-23(24)29-26(31)25-15-22(19-6-3-2-4-7-19)30-33(25)16-18-9-10-18/h2-4,6-7,11-12,14-15,18,21H,5,8-10,13,16-17,28H2,1H3/t21-/m1/s1. The number of benzene rings is 2. The molecule has 0 spiro atoms. The third kappa shape index (κ3) is 3.90. The van der Waals surface area contributed by atoms with Crippen molar-refractivity contribution in [1.82, 2.24) is 24.2 Å². The average Bonchev–Trinajstić information content (AvgIpc) is 3.49. The number of hydrogen-bond donors (Lipinski definition) is 1. The number of piperidine rings is 1. The molecule has 2 aromatic carbocycles. The molecule has 7 heteroatoms. The fraction of sp³-hybridized carbons (Fsp3) is 0.370. The first-order valence-corrected chi connectivity index (χ1v) is 12.2. The third-order valence-corrected chi connectivity index (χ3v) is 7.08. The molecule has 1 atom stereocenters. The second kappa shape index (κ2) is 8.40. The van der Waals surface area contributed by atoms with Crippen molar-refractivity contribution in [3.63, 3.8) is 0 Å². The number of amides is 1. The van der Waals surface area contributed by atoms with Crippen molar-refractivity contribution >= 4 is 16.9 Å². The van der Waals surface area contributed by atoms with Crippen LogP contribution >= 0.6 is 0 Å². The van der Waals surface area contributed by atoms with E-state index in [4.69, 9.17) is 15.8 Å². The van der Waals surface area contributed by atoms with Gasteiger partial charge in [0.05, 0.1) is 16.7 Å². The number of aromatic nitrogens is 4. The first kappa shape index (κ1) is 21.1. The normalized spacial score (nSPS) is 18.5. The summed E-state index contributed by atoms with van der Waals surface area (Å²) in [5.41, 5.74) is 11.7. The predicted octanol–water partition coefficient (Wildman–Crippen LogP) is 4.08. The molecule has 0 unspecified atom stereocenters. The van der Waals surface area contributed by atoms with Crippen molar-refractivity contribution in [2.75, 3.05) is 13.1 Å². The van der Waals surface area contributed by atoms with Gasteiger partial charge in [0.25, 0.3) is 5.91 Å². The van der Waals surface area contributed by atoms with Crippen LogP contribution in [-0.2, 0) is 13.6 Å². The molecule has 2 aromatic heterocycles. The average molecular weight is 455 g/mol. The Hall–Kier alpha value is -3.45. The molecule has 2 fully saturated rings. The Balaban J connectivity index is 1.38. The summed E-state index contributed by atoms with van der Waals surface area (Å²) in [7, 11) is 2.03. The lowest BCUT2D eigenvalue weighted by molar-refractivity contribution is 0.0709. The second-order valence-electron chi connectivity index (χ2n) is 9.76. The van der Waals surface area contributed by atoms with E-state index in [1.807, 2.05) is 48.3 Å². The van der Waals surface area contributed by atoms with E-state index in [1.54, 1.807) is 0 Å². The van der Waals surface area contributed by atoms with Gasteiger partial charge in [0.15, 0.2) is 5.82 Å². The van der Waals surface area contributed by atoms with Gasteiger partial charge in [-0.2, -0.15) is 5.10 Å². The number of aryl methyl sites for hydroxylation is 1. The van der Waals surface area contributed by atoms with Crippen LogP contribution in [-0.4, -0.2) is 49.3 Å². The lowest BCUT2D eigenvalue weighted by Crippen LogP contribution is -2.45. The molecule has 1 amide bonds. The monoisotopic (exact) mass is 454 g/mol. The fourth-order valence-electron chi connectivity index (χ4n) is 4.97. The highest BCUT2D eigenvalue weighted by Gasteiger charge is 2.26. The van der Waals surface area contributed by atoms with Crippen molar-refractivity contribution in [1.29, 1.82) is 0 Å². The van der Waals surface area contributed by atoms with Gasteiger partial charge in [0.1, 0.15) is 5.69 Å². The van der Waals surface area contributed by atoms with Gasteiger partial charge in [-0.1, -0.05) is 30.3 Å². The highest BCUT2D eigenvalue weighted by Crippen LogP contribution is 2.34. The minimum Gasteiger partial charge on any atom is -0.337 e. The topological polar surface area (TPSA) is 82.0 Å². The Labute approximate surface area is 199 Å². The maximum absolute atomic E-state index is 13.1. The Morgan fingerprint density at radius 3 is 2.68 bits per heavy atom. The van der Waals surface area contributed by atoms with Crippen molar-refractivity contribution in [2.24, 2.45) is 18.7 Å². The largest absolute Gasteiger partial charge is 0.337 e. The van der Waals surface area contributed by atoms with Crippen LogP contribution in [0.1, 0.15) is 36.0 Å². The van der Waals surface area contributed by atoms with E-state index in [0.29, 0.717) is 18.0 Å². The van der Waals surface area contributed by atoms with E-state index in [0.717, 1.165) is 59.7 Å². The van der Waals surface area contributed by atoms with Gasteiger partial charge in [0.2, 0.25) is 0 Å². The molecule has 4 aromatic rings. The number of likely N-dealkylation sites (tertiary alicyclic amines) is 1. The Bertz CT molecular complexity index is 1350. The highest BCUT2D eigenvalue weighted by atomic mass is 16.2. The zero-order chi connectivity index (χ0) is 23.2. The number of nitrogens with two attached hydrogens (primary N) is 1. The predicted molar refractivity (Wildman–Crippen MR) is 133 cm³/mol. The number of carbonyl (C=O) groups is 1. The highest BCUT2D eigenvalue weighted by molar-refractivity contribution is 5.98. The van der Waals surface area contributed by atoms with E-state index < -0.39 is 0 Å². The van der Waals surface area contributed by atoms with Crippen LogP contribution in [0.4, 0.5) is 0 Å². The summed E-state index contributed by atoms with van der Waals surface area (Å²) in [4.78, 5) is 20.0. The number of nitrogens with zero attached hydrogens (tertiary/aromatic N) is 5. The molecule has 1 saturated carbocycles. The Morgan fingerprint density at radius 2 is 1.91 bits per heavy atom. The summed E-state index contributed by atoms with van der Waals surface area (Å²) in [6.45, 7) is 2.29. The lowest BCUT2D eigenvalue weighted by atomic mass is 10.1. The van der Waals surface area contributed by atoms with Gasteiger partial charge in [-0.15, -0.1) is 0 Å². The zero-order valence-corrected chi connectivity index (χ0v) is 19.5. The molecule has 6 rings (SSSR count). The van der Waals surface area contributed by atoms with Crippen LogP contribution in [0.15, 0.2) is 54.6 Å². The molecule has 2 aliphatic rings. The van der Waals surface area contributed by atoms with E-state index in [-0.39, 0.29) is 11.9 Å². The summed E-state index contributed by atoms with van der Waals surface area (Å²) in [6.07, 6.45) is 4.45. The van der Waals surface area contributed by atoms with Gasteiger partial charge in [-0.25, -0.2) is 4.98 Å². The molecule has 3 heterocycles. The number of imidazole rings is 1. The third-order valence-electron chi connectivity index (χ3n) is 7.08. The molecule has 34 heavy (non-hydrogen) atoms. The quantitative estimate of drug-likeness (QED) is 0.493. The smallest absolute Gasteiger partial charge is 0.253 e. The molecular weight excluding hydrogens is 424 g/mol. The minimum absolute atomic E-state index is 0.0365. The molecule has 7 nitrogen and oxygen atoms in total. The van der Waals surface area contributed by atoms with Crippen molar-refractivity contribution < 1.29 is 4.79 Å². The van der Waals surface area contributed by atoms with E-state index >= 15 is 0 Å². The molecule has 1 aliphatic carbocycles. The summed E-state index contributed by atoms with van der Waals surface area (Å²) in [5.74, 6) is 1.60. The van der Waals surface area contributed by atoms with E-state index in [2.05, 4.69) is 27.4 Å². The second-order valence-corrected chi connectivity index (χ2v) is 9.76. The van der Waals surface area contributed by atoms with Crippen LogP contribution in [0.2, 0.25) is 0 Å². The van der Waals surface area contributed by atoms with Crippen LogP contribution in [0, 0.1) is 5.92 Å². The SMILES string of the molecule is Cn1c(-c2cc(-c3ccccc3)nn2CC2CC2)nc2cc(C(=O)N3CCC[C@@H](N)C3)ccc21. The maximum atomic E-state index is 13.1. The van der Waals surface area contributed by atoms with Crippen LogP contribution in [0.3, 0.4) is 0 Å². The lowest BCUT2D eigenvalue weighted by Gasteiger charge is -2.30. The summed E-state index contributed by atoms with van der Waals surface area (Å²) in [6, 6.07) is 18.3. The van der Waals surface area contributed by atoms with Gasteiger partial charge < -0.3 is 15.2 Å². The summed E-state index contributed by atoms with van der Waals surface area (Å²) < 4.78 is 4.22. The molecule has 1 aliphatic heterocycles. The van der Waals surface area contributed by atoms with Crippen LogP contribution < -0.4 is 5.73 Å². The summed E-state index contributed by atoms with van der Waals surface area (Å²) >= 11 is 0. The molecule has 0 radical (unpaired) electrons. The number of hydrogen-bond acceptors (Lipinski definition) is 4. The zero-order valence-electron chi connectivity index (χ0n) is 19.5. The van der Waals surface area contributed by atoms with E-state index in [9.17, 15) is 4.79 Å². The van der Waals surface area contributed by atoms with Crippen molar-refractivity contribution in [3.05, 3.63) is 60.2 Å². The van der Waals surface area contributed by atoms with Crippen molar-refractivity contribution in [3.8, 4) is 22.8 Å². The van der Waals surface area contributed by atoms with Gasteiger partial charge in [0, 0.05) is 43.9 Å². The summed E-state index contributed by atoms with van der Waals surface area (Å²) in [5, 5.41) is 4.95. The Morgan fingerprint density at radius 1 is 1.09 bits per heavy atom. The van der Waals surface area contributed by atoms with Crippen LogP contribution in [0.5, 0.6) is 0 Å². The van der Waals surface area contributed by atoms with Crippen molar-refractivity contribution in [2.45, 2.75) is 38.3 Å². The molecule has 0 bridgehead atoms. The molecule has 1 saturated heterocycles. The van der Waals surface area contributed by atoms with Gasteiger partial charge in [-0.3, -0.25) is 9.48 Å². The maximum Gasteiger partial charge on any atom is 0.253 e.